The van der Waals surface area contributed by atoms with E-state index in [1.807, 2.05) is 6.92 Å². The fourth-order valence-corrected chi connectivity index (χ4v) is 2.65. The highest BCUT2D eigenvalue weighted by molar-refractivity contribution is 7.11. The fraction of sp³-hybridized carbons (Fsp3) is 0.800. The van der Waals surface area contributed by atoms with Gasteiger partial charge >= 0.3 is 0 Å². The van der Waals surface area contributed by atoms with Gasteiger partial charge in [0.25, 0.3) is 0 Å². The number of hydrogen-bond donors (Lipinski definition) is 0. The molecule has 0 spiro atoms. The summed E-state index contributed by atoms with van der Waals surface area (Å²) in [6.07, 6.45) is 4.85. The van der Waals surface area contributed by atoms with Gasteiger partial charge in [-0.25, -0.2) is 0 Å². The van der Waals surface area contributed by atoms with E-state index >= 15 is 0 Å². The molecule has 0 saturated carbocycles. The van der Waals surface area contributed by atoms with Crippen molar-refractivity contribution in [1.82, 2.24) is 10.2 Å². The van der Waals surface area contributed by atoms with Crippen molar-refractivity contribution in [2.24, 2.45) is 0 Å². The molecule has 0 N–H and O–H groups in total. The largest absolute Gasteiger partial charge is 0.378 e. The summed E-state index contributed by atoms with van der Waals surface area (Å²) in [5, 5.41) is 10.1. The summed E-state index contributed by atoms with van der Waals surface area (Å²) < 4.78 is 5.56. The molecule has 1 aliphatic rings. The average Bonchev–Trinajstić information content (AvgIpc) is 2.86. The number of aromatic nitrogens is 2. The van der Waals surface area contributed by atoms with Crippen LogP contribution in [0.3, 0.4) is 0 Å². The van der Waals surface area contributed by atoms with E-state index in [0.29, 0.717) is 6.10 Å². The molecule has 2 rings (SSSR count). The van der Waals surface area contributed by atoms with Gasteiger partial charge in [-0.2, -0.15) is 0 Å². The van der Waals surface area contributed by atoms with Gasteiger partial charge in [0, 0.05) is 13.0 Å². The van der Waals surface area contributed by atoms with Gasteiger partial charge in [0.15, 0.2) is 0 Å². The van der Waals surface area contributed by atoms with Crippen LogP contribution >= 0.6 is 22.9 Å². The summed E-state index contributed by atoms with van der Waals surface area (Å²) in [7, 11) is 0. The van der Waals surface area contributed by atoms with Crippen molar-refractivity contribution in [1.29, 1.82) is 0 Å². The molecule has 0 bridgehead atoms. The predicted molar refractivity (Wildman–Crippen MR) is 61.5 cm³/mol. The molecule has 2 unspecified atom stereocenters. The van der Waals surface area contributed by atoms with Crippen LogP contribution in [0, 0.1) is 0 Å². The van der Waals surface area contributed by atoms with Gasteiger partial charge in [-0.1, -0.05) is 11.3 Å². The first-order chi connectivity index (χ1) is 7.25. The number of ether oxygens (including phenoxy) is 1. The quantitative estimate of drug-likeness (QED) is 0.767. The van der Waals surface area contributed by atoms with E-state index < -0.39 is 0 Å². The Morgan fingerprint density at radius 1 is 1.60 bits per heavy atom. The van der Waals surface area contributed by atoms with Gasteiger partial charge in [-0.15, -0.1) is 21.8 Å². The molecule has 2 atom stereocenters. The van der Waals surface area contributed by atoms with Gasteiger partial charge in [0.05, 0.1) is 11.5 Å². The van der Waals surface area contributed by atoms with Crippen LogP contribution in [-0.4, -0.2) is 22.9 Å². The predicted octanol–water partition coefficient (Wildman–Crippen LogP) is 2.95. The molecule has 3 nitrogen and oxygen atoms in total. The molecule has 1 aromatic heterocycles. The highest BCUT2D eigenvalue weighted by Gasteiger charge is 2.16. The lowest BCUT2D eigenvalue weighted by molar-refractivity contribution is 0.104. The third-order valence-corrected chi connectivity index (χ3v) is 4.03. The van der Waals surface area contributed by atoms with Crippen LogP contribution in [0.15, 0.2) is 0 Å². The molecule has 84 valence electrons. The van der Waals surface area contributed by atoms with Gasteiger partial charge in [0.2, 0.25) is 0 Å². The van der Waals surface area contributed by atoms with Crippen molar-refractivity contribution in [2.45, 2.75) is 44.1 Å². The van der Waals surface area contributed by atoms with Crippen LogP contribution in [0.4, 0.5) is 0 Å². The molecule has 0 aromatic carbocycles. The second-order valence-corrected chi connectivity index (χ2v) is 5.57. The topological polar surface area (TPSA) is 35.0 Å². The van der Waals surface area contributed by atoms with E-state index in [1.165, 1.54) is 12.8 Å². The Bertz CT molecular complexity index is 310. The third kappa shape index (κ3) is 3.13. The minimum absolute atomic E-state index is 0.0287. The Morgan fingerprint density at radius 3 is 3.07 bits per heavy atom. The lowest BCUT2D eigenvalue weighted by Crippen LogP contribution is -2.05. The highest BCUT2D eigenvalue weighted by atomic mass is 35.5. The number of halogens is 1. The van der Waals surface area contributed by atoms with E-state index in [1.54, 1.807) is 11.3 Å². The van der Waals surface area contributed by atoms with Crippen LogP contribution in [-0.2, 0) is 11.2 Å². The first kappa shape index (κ1) is 11.3. The van der Waals surface area contributed by atoms with Crippen LogP contribution < -0.4 is 0 Å². The minimum Gasteiger partial charge on any atom is -0.378 e. The second-order valence-electron chi connectivity index (χ2n) is 3.82. The molecular formula is C10H15ClN2OS. The maximum absolute atomic E-state index is 5.93. The average molecular weight is 247 g/mol. The third-order valence-electron chi connectivity index (χ3n) is 2.53. The summed E-state index contributed by atoms with van der Waals surface area (Å²) in [4.78, 5) is 0. The number of alkyl halides is 1. The van der Waals surface area contributed by atoms with Gasteiger partial charge in [-0.3, -0.25) is 0 Å². The normalized spacial score (nSPS) is 23.2. The van der Waals surface area contributed by atoms with Crippen molar-refractivity contribution >= 4 is 22.9 Å². The van der Waals surface area contributed by atoms with E-state index in [0.717, 1.165) is 29.5 Å². The first-order valence-corrected chi connectivity index (χ1v) is 6.59. The van der Waals surface area contributed by atoms with Crippen LogP contribution in [0.5, 0.6) is 0 Å². The van der Waals surface area contributed by atoms with E-state index in [-0.39, 0.29) is 5.38 Å². The van der Waals surface area contributed by atoms with Crippen molar-refractivity contribution in [3.63, 3.8) is 0 Å². The molecule has 1 aliphatic heterocycles. The number of nitrogens with zero attached hydrogens (tertiary/aromatic N) is 2. The van der Waals surface area contributed by atoms with E-state index in [2.05, 4.69) is 10.2 Å². The van der Waals surface area contributed by atoms with Gasteiger partial charge < -0.3 is 4.74 Å². The number of rotatable bonds is 4. The Balaban J connectivity index is 1.82. The molecule has 15 heavy (non-hydrogen) atoms. The van der Waals surface area contributed by atoms with Gasteiger partial charge in [0.1, 0.15) is 10.0 Å². The molecule has 2 heterocycles. The summed E-state index contributed by atoms with van der Waals surface area (Å²) >= 11 is 7.54. The highest BCUT2D eigenvalue weighted by Crippen LogP contribution is 2.24. The Hall–Kier alpha value is -0.190. The van der Waals surface area contributed by atoms with Crippen molar-refractivity contribution in [3.05, 3.63) is 10.0 Å². The fourth-order valence-electron chi connectivity index (χ4n) is 1.68. The summed E-state index contributed by atoms with van der Waals surface area (Å²) in [5.74, 6) is 0. The SMILES string of the molecule is CC(Cl)c1nnc(CCC2CCCO2)s1. The standard InChI is InChI=1S/C10H15ClN2OS/c1-7(11)10-13-12-9(15-10)5-4-8-3-2-6-14-8/h7-8H,2-6H2,1H3. The molecule has 0 aliphatic carbocycles. The Morgan fingerprint density at radius 2 is 2.47 bits per heavy atom. The summed E-state index contributed by atoms with van der Waals surface area (Å²) in [6, 6.07) is 0. The molecule has 1 fully saturated rings. The number of aryl methyl sites for hydroxylation is 1. The first-order valence-electron chi connectivity index (χ1n) is 5.33. The van der Waals surface area contributed by atoms with Crippen molar-refractivity contribution < 1.29 is 4.74 Å². The van der Waals surface area contributed by atoms with E-state index in [4.69, 9.17) is 16.3 Å². The van der Waals surface area contributed by atoms with Crippen molar-refractivity contribution in [2.75, 3.05) is 6.61 Å². The zero-order chi connectivity index (χ0) is 10.7. The second kappa shape index (κ2) is 5.23. The van der Waals surface area contributed by atoms with Crippen LogP contribution in [0.2, 0.25) is 0 Å². The van der Waals surface area contributed by atoms with E-state index in [9.17, 15) is 0 Å². The smallest absolute Gasteiger partial charge is 0.135 e. The monoisotopic (exact) mass is 246 g/mol. The Kier molecular flexibility index (Phi) is 3.94. The molecule has 5 heteroatoms. The summed E-state index contributed by atoms with van der Waals surface area (Å²) in [5.41, 5.74) is 0. The molecule has 0 radical (unpaired) electrons. The zero-order valence-corrected chi connectivity index (χ0v) is 10.4. The summed E-state index contributed by atoms with van der Waals surface area (Å²) in [6.45, 7) is 2.84. The maximum Gasteiger partial charge on any atom is 0.135 e. The molecule has 0 amide bonds. The maximum atomic E-state index is 5.93. The molecule has 1 aromatic rings. The van der Waals surface area contributed by atoms with Crippen molar-refractivity contribution in [3.8, 4) is 0 Å². The van der Waals surface area contributed by atoms with Crippen LogP contribution in [0.1, 0.15) is 41.6 Å². The molecule has 1 saturated heterocycles. The molecular weight excluding hydrogens is 232 g/mol. The lowest BCUT2D eigenvalue weighted by atomic mass is 10.1. The number of hydrogen-bond acceptors (Lipinski definition) is 4. The Labute approximate surface area is 98.8 Å². The van der Waals surface area contributed by atoms with Gasteiger partial charge in [-0.05, 0) is 26.2 Å². The lowest BCUT2D eigenvalue weighted by Gasteiger charge is -2.06. The van der Waals surface area contributed by atoms with Crippen LogP contribution in [0.25, 0.3) is 0 Å². The minimum atomic E-state index is -0.0287. The zero-order valence-electron chi connectivity index (χ0n) is 8.78.